The van der Waals surface area contributed by atoms with E-state index in [0.29, 0.717) is 0 Å². The van der Waals surface area contributed by atoms with Crippen LogP contribution in [0.2, 0.25) is 19.6 Å². The van der Waals surface area contributed by atoms with Gasteiger partial charge in [0, 0.05) is 0 Å². The Kier molecular flexibility index (Phi) is 4.62. The van der Waals surface area contributed by atoms with Crippen LogP contribution in [0.1, 0.15) is 27.7 Å². The summed E-state index contributed by atoms with van der Waals surface area (Å²) in [4.78, 5) is 0. The van der Waals surface area contributed by atoms with Crippen LogP contribution in [-0.2, 0) is 0 Å². The Bertz CT molecular complexity index is 197. The Labute approximate surface area is 79.8 Å². The lowest BCUT2D eigenvalue weighted by atomic mass is 10.5. The van der Waals surface area contributed by atoms with Crippen LogP contribution in [0.25, 0.3) is 0 Å². The Hall–Kier alpha value is 0.297. The third-order valence-electron chi connectivity index (χ3n) is 1.58. The van der Waals surface area contributed by atoms with Crippen molar-refractivity contribution in [2.24, 2.45) is 0 Å². The molecule has 0 radical (unpaired) electrons. The molecule has 0 aromatic carbocycles. The van der Waals surface area contributed by atoms with Gasteiger partial charge in [-0.2, -0.15) is 5.25 Å². The van der Waals surface area contributed by atoms with E-state index < -0.39 is 8.07 Å². The third kappa shape index (κ3) is 5.03. The lowest BCUT2D eigenvalue weighted by Gasteiger charge is -2.16. The standard InChI is InChI=1S/C10H23PSi/c1-9(2)11(10(3)4)8-12(5,6)7/h9-10H,1-7H3. The third-order valence-corrected chi connectivity index (χ3v) is 7.52. The lowest BCUT2D eigenvalue weighted by molar-refractivity contribution is 1.03. The van der Waals surface area contributed by atoms with Gasteiger partial charge in [-0.3, -0.25) is 0 Å². The largest absolute Gasteiger partial charge is 0.157 e. The summed E-state index contributed by atoms with van der Waals surface area (Å²) < 4.78 is 0. The van der Waals surface area contributed by atoms with Gasteiger partial charge in [-0.15, -0.1) is 7.38 Å². The number of hydrogen-bond donors (Lipinski definition) is 0. The van der Waals surface area contributed by atoms with E-state index in [-0.39, 0.29) is 7.38 Å². The van der Waals surface area contributed by atoms with Gasteiger partial charge < -0.3 is 0 Å². The van der Waals surface area contributed by atoms with Crippen molar-refractivity contribution in [1.82, 2.24) is 0 Å². The summed E-state index contributed by atoms with van der Waals surface area (Å²) in [7, 11) is -1.02. The molecule has 0 atom stereocenters. The highest BCUT2D eigenvalue weighted by Gasteiger charge is 2.12. The molecule has 0 unspecified atom stereocenters. The van der Waals surface area contributed by atoms with Crippen LogP contribution in [0.4, 0.5) is 0 Å². The van der Waals surface area contributed by atoms with E-state index in [0.717, 1.165) is 11.3 Å². The van der Waals surface area contributed by atoms with Crippen LogP contribution >= 0.6 is 7.38 Å². The van der Waals surface area contributed by atoms with Gasteiger partial charge in [-0.25, -0.2) is 0 Å². The van der Waals surface area contributed by atoms with Gasteiger partial charge >= 0.3 is 0 Å². The first-order chi connectivity index (χ1) is 5.24. The van der Waals surface area contributed by atoms with Crippen molar-refractivity contribution in [3.8, 4) is 5.25 Å². The molecule has 0 amide bonds. The number of rotatable bonds is 0. The highest BCUT2D eigenvalue weighted by atomic mass is 31.1. The van der Waals surface area contributed by atoms with Crippen molar-refractivity contribution < 1.29 is 0 Å². The predicted octanol–water partition coefficient (Wildman–Crippen LogP) is 4.12. The molecule has 0 rings (SSSR count). The van der Waals surface area contributed by atoms with E-state index in [1.54, 1.807) is 0 Å². The predicted molar refractivity (Wildman–Crippen MR) is 64.4 cm³/mol. The Balaban J connectivity index is 4.81. The summed E-state index contributed by atoms with van der Waals surface area (Å²) in [5.74, 6) is 0. The van der Waals surface area contributed by atoms with Crippen LogP contribution in [0.3, 0.4) is 0 Å². The van der Waals surface area contributed by atoms with Gasteiger partial charge in [0.2, 0.25) is 0 Å². The highest BCUT2D eigenvalue weighted by molar-refractivity contribution is 7.50. The average molecular weight is 202 g/mol. The molecule has 0 aromatic rings. The molecule has 72 valence electrons. The van der Waals surface area contributed by atoms with Crippen LogP contribution in [0.15, 0.2) is 0 Å². The minimum absolute atomic E-state index is 0.0450. The Morgan fingerprint density at radius 1 is 0.917 bits per heavy atom. The summed E-state index contributed by atoms with van der Waals surface area (Å²) in [6, 6.07) is 0. The molecule has 0 aliphatic carbocycles. The molecule has 2 heteroatoms. The van der Waals surface area contributed by atoms with Gasteiger partial charge in [0.05, 0.1) is 0 Å². The molecule has 0 nitrogen and oxygen atoms in total. The summed E-state index contributed by atoms with van der Waals surface area (Å²) in [5, 5.41) is 3.86. The fraction of sp³-hybridized carbons (Fsp3) is 0.900. The molecular weight excluding hydrogens is 179 g/mol. The van der Waals surface area contributed by atoms with Crippen molar-refractivity contribution in [3.05, 3.63) is 0 Å². The van der Waals surface area contributed by atoms with Crippen molar-refractivity contribution in [2.75, 3.05) is 0 Å². The van der Waals surface area contributed by atoms with E-state index in [4.69, 9.17) is 0 Å². The quantitative estimate of drug-likeness (QED) is 0.409. The van der Waals surface area contributed by atoms with Crippen LogP contribution < -0.4 is 0 Å². The Morgan fingerprint density at radius 3 is 1.33 bits per heavy atom. The molecule has 0 aliphatic rings. The van der Waals surface area contributed by atoms with Gasteiger partial charge in [0.15, 0.2) is 0 Å². The molecule has 0 aromatic heterocycles. The summed E-state index contributed by atoms with van der Waals surface area (Å²) in [6.45, 7) is 16.5. The molecule has 0 spiro atoms. The van der Waals surface area contributed by atoms with Gasteiger partial charge in [-0.05, 0) is 11.3 Å². The second-order valence-corrected chi connectivity index (χ2v) is 13.2. The van der Waals surface area contributed by atoms with Crippen molar-refractivity contribution >= 4 is 15.5 Å². The van der Waals surface area contributed by atoms with Crippen LogP contribution in [-0.4, -0.2) is 19.4 Å². The molecule has 0 saturated carbocycles. The average Bonchev–Trinajstić information content (AvgIpc) is 1.79. The molecule has 0 heterocycles. The first kappa shape index (κ1) is 12.3. The fourth-order valence-electron chi connectivity index (χ4n) is 1.24. The van der Waals surface area contributed by atoms with E-state index in [2.05, 4.69) is 52.6 Å². The smallest absolute Gasteiger partial charge is 0.123 e. The molecule has 12 heavy (non-hydrogen) atoms. The van der Waals surface area contributed by atoms with Crippen molar-refractivity contribution in [1.29, 1.82) is 0 Å². The first-order valence-electron chi connectivity index (χ1n) is 4.80. The lowest BCUT2D eigenvalue weighted by Crippen LogP contribution is -2.17. The maximum Gasteiger partial charge on any atom is 0.123 e. The van der Waals surface area contributed by atoms with E-state index >= 15 is 0 Å². The SMILES string of the molecule is CC(C)P(#C[Si](C)(C)C)C(C)C. The monoisotopic (exact) mass is 202 g/mol. The summed E-state index contributed by atoms with van der Waals surface area (Å²) in [6.07, 6.45) is 0. The van der Waals surface area contributed by atoms with E-state index in [1.807, 2.05) is 0 Å². The molecule has 0 N–H and O–H groups in total. The molecule has 0 fully saturated rings. The first-order valence-corrected chi connectivity index (χ1v) is 9.78. The van der Waals surface area contributed by atoms with Crippen LogP contribution in [0.5, 0.6) is 0 Å². The van der Waals surface area contributed by atoms with E-state index in [9.17, 15) is 0 Å². The highest BCUT2D eigenvalue weighted by Crippen LogP contribution is 2.33. The topological polar surface area (TPSA) is 0 Å². The second kappa shape index (κ2) is 4.51. The Morgan fingerprint density at radius 2 is 1.25 bits per heavy atom. The zero-order valence-corrected chi connectivity index (χ0v) is 11.5. The van der Waals surface area contributed by atoms with Crippen molar-refractivity contribution in [2.45, 2.75) is 58.7 Å². The number of hydrogen-bond acceptors (Lipinski definition) is 0. The normalized spacial score (nSPS) is 12.1. The fourth-order valence-corrected chi connectivity index (χ4v) is 7.60. The summed E-state index contributed by atoms with van der Waals surface area (Å²) in [5.41, 5.74) is 1.62. The second-order valence-electron chi connectivity index (χ2n) is 4.96. The molecule has 0 bridgehead atoms. The minimum atomic E-state index is -1.07. The molecule has 0 aliphatic heterocycles. The van der Waals surface area contributed by atoms with Crippen LogP contribution in [0, 0.1) is 5.25 Å². The summed E-state index contributed by atoms with van der Waals surface area (Å²) >= 11 is 0. The molecule has 0 saturated heterocycles. The molecular formula is C10H23PSi. The zero-order valence-electron chi connectivity index (χ0n) is 9.60. The maximum atomic E-state index is 3.86. The minimum Gasteiger partial charge on any atom is -0.157 e. The maximum absolute atomic E-state index is 3.86. The van der Waals surface area contributed by atoms with Gasteiger partial charge in [0.1, 0.15) is 8.07 Å². The van der Waals surface area contributed by atoms with Gasteiger partial charge in [0.25, 0.3) is 0 Å². The van der Waals surface area contributed by atoms with Gasteiger partial charge in [-0.1, -0.05) is 47.3 Å². The van der Waals surface area contributed by atoms with Crippen molar-refractivity contribution in [3.63, 3.8) is 0 Å². The zero-order chi connectivity index (χ0) is 9.94. The van der Waals surface area contributed by atoms with E-state index in [1.165, 1.54) is 0 Å².